The molecule has 1 aliphatic rings. The van der Waals surface area contributed by atoms with Crippen LogP contribution in [-0.2, 0) is 14.3 Å². The van der Waals surface area contributed by atoms with Crippen LogP contribution in [0.25, 0.3) is 0 Å². The smallest absolute Gasteiger partial charge is 0.397 e. The molecule has 1 heterocycles. The van der Waals surface area contributed by atoms with Gasteiger partial charge in [0, 0.05) is 5.02 Å². The van der Waals surface area contributed by atoms with Crippen LogP contribution in [0.1, 0.15) is 0 Å². The Morgan fingerprint density at radius 3 is 2.75 bits per heavy atom. The van der Waals surface area contributed by atoms with E-state index in [1.807, 2.05) is 0 Å². The lowest BCUT2D eigenvalue weighted by atomic mass is 10.2. The van der Waals surface area contributed by atoms with Crippen molar-refractivity contribution in [3.63, 3.8) is 0 Å². The number of rotatable bonds is 1. The molecule has 84 valence electrons. The molecule has 0 unspecified atom stereocenters. The number of anilines is 1. The molecule has 0 atom stereocenters. The first-order valence-corrected chi connectivity index (χ1v) is 5.29. The predicted molar refractivity (Wildman–Crippen MR) is 59.8 cm³/mol. The van der Waals surface area contributed by atoms with E-state index in [2.05, 4.69) is 4.74 Å². The van der Waals surface area contributed by atoms with E-state index < -0.39 is 11.9 Å². The van der Waals surface area contributed by atoms with Crippen molar-refractivity contribution in [1.82, 2.24) is 0 Å². The first-order chi connectivity index (χ1) is 7.59. The van der Waals surface area contributed by atoms with Gasteiger partial charge in [0.05, 0.1) is 17.3 Å². The number of benzene rings is 1. The van der Waals surface area contributed by atoms with Crippen molar-refractivity contribution >= 4 is 40.8 Å². The highest BCUT2D eigenvalue weighted by Gasteiger charge is 2.30. The van der Waals surface area contributed by atoms with Gasteiger partial charge in [-0.3, -0.25) is 9.69 Å². The zero-order valence-corrected chi connectivity index (χ0v) is 9.59. The topological polar surface area (TPSA) is 46.6 Å². The van der Waals surface area contributed by atoms with Crippen molar-refractivity contribution in [2.75, 3.05) is 18.1 Å². The number of ether oxygens (including phenoxy) is 1. The maximum absolute atomic E-state index is 11.5. The van der Waals surface area contributed by atoms with Crippen LogP contribution in [0.3, 0.4) is 0 Å². The molecule has 1 aliphatic heterocycles. The summed E-state index contributed by atoms with van der Waals surface area (Å²) in [7, 11) is 0. The van der Waals surface area contributed by atoms with E-state index in [1.54, 1.807) is 18.2 Å². The van der Waals surface area contributed by atoms with Crippen LogP contribution in [-0.4, -0.2) is 25.0 Å². The van der Waals surface area contributed by atoms with Crippen molar-refractivity contribution in [1.29, 1.82) is 0 Å². The van der Waals surface area contributed by atoms with E-state index >= 15 is 0 Å². The fourth-order valence-corrected chi connectivity index (χ4v) is 1.81. The summed E-state index contributed by atoms with van der Waals surface area (Å²) in [6.45, 7) is 0.443. The quantitative estimate of drug-likeness (QED) is 0.572. The monoisotopic (exact) mass is 259 g/mol. The summed E-state index contributed by atoms with van der Waals surface area (Å²) in [4.78, 5) is 23.9. The molecular formula is C10H7Cl2NO3. The minimum absolute atomic E-state index is 0.160. The average molecular weight is 260 g/mol. The number of morpholine rings is 1. The normalized spacial score (nSPS) is 16.2. The van der Waals surface area contributed by atoms with E-state index in [0.717, 1.165) is 0 Å². The van der Waals surface area contributed by atoms with Crippen molar-refractivity contribution in [3.8, 4) is 0 Å². The molecule has 1 aromatic rings. The van der Waals surface area contributed by atoms with Gasteiger partial charge in [0.25, 0.3) is 0 Å². The number of nitrogens with zero attached hydrogens (tertiary/aromatic N) is 1. The highest BCUT2D eigenvalue weighted by Crippen LogP contribution is 2.29. The van der Waals surface area contributed by atoms with Crippen LogP contribution in [0.4, 0.5) is 5.69 Å². The predicted octanol–water partition coefficient (Wildman–Crippen LogP) is 1.88. The number of esters is 1. The first-order valence-electron chi connectivity index (χ1n) is 4.53. The largest absolute Gasteiger partial charge is 0.457 e. The number of halogens is 2. The highest BCUT2D eigenvalue weighted by atomic mass is 35.5. The van der Waals surface area contributed by atoms with Crippen LogP contribution in [0.2, 0.25) is 10.0 Å². The van der Waals surface area contributed by atoms with Crippen molar-refractivity contribution in [2.45, 2.75) is 0 Å². The molecular weight excluding hydrogens is 253 g/mol. The maximum Gasteiger partial charge on any atom is 0.397 e. The second-order valence-corrected chi connectivity index (χ2v) is 4.03. The summed E-state index contributed by atoms with van der Waals surface area (Å²) in [5.74, 6) is -1.60. The van der Waals surface area contributed by atoms with Crippen LogP contribution < -0.4 is 4.90 Å². The summed E-state index contributed by atoms with van der Waals surface area (Å²) in [5.41, 5.74) is 0.427. The van der Waals surface area contributed by atoms with E-state index in [1.165, 1.54) is 4.90 Å². The Morgan fingerprint density at radius 2 is 2.00 bits per heavy atom. The Bertz CT molecular complexity index is 461. The van der Waals surface area contributed by atoms with Gasteiger partial charge >= 0.3 is 11.9 Å². The van der Waals surface area contributed by atoms with Gasteiger partial charge in [0.1, 0.15) is 6.61 Å². The van der Waals surface area contributed by atoms with E-state index in [9.17, 15) is 9.59 Å². The van der Waals surface area contributed by atoms with Crippen molar-refractivity contribution < 1.29 is 14.3 Å². The minimum atomic E-state index is -0.873. The SMILES string of the molecule is O=C1OCCN(c2cc(Cl)ccc2Cl)C1=O. The van der Waals surface area contributed by atoms with Crippen LogP contribution >= 0.6 is 23.2 Å². The number of cyclic esters (lactones) is 1. The zero-order chi connectivity index (χ0) is 11.7. The number of hydrogen-bond donors (Lipinski definition) is 0. The summed E-state index contributed by atoms with van der Waals surface area (Å²) >= 11 is 11.7. The van der Waals surface area contributed by atoms with Gasteiger partial charge in [-0.15, -0.1) is 0 Å². The van der Waals surface area contributed by atoms with Crippen molar-refractivity contribution in [2.24, 2.45) is 0 Å². The molecule has 0 saturated carbocycles. The second-order valence-electron chi connectivity index (χ2n) is 3.19. The molecule has 1 amide bonds. The van der Waals surface area contributed by atoms with E-state index in [0.29, 0.717) is 15.7 Å². The lowest BCUT2D eigenvalue weighted by molar-refractivity contribution is -0.156. The third-order valence-electron chi connectivity index (χ3n) is 2.17. The zero-order valence-electron chi connectivity index (χ0n) is 8.07. The number of hydrogen-bond acceptors (Lipinski definition) is 3. The molecule has 0 radical (unpaired) electrons. The standard InChI is InChI=1S/C10H7Cl2NO3/c11-6-1-2-7(12)8(5-6)13-3-4-16-10(15)9(13)14/h1-2,5H,3-4H2. The third-order valence-corrected chi connectivity index (χ3v) is 2.72. The van der Waals surface area contributed by atoms with Gasteiger partial charge in [-0.25, -0.2) is 4.79 Å². The molecule has 1 aromatic carbocycles. The molecule has 0 spiro atoms. The van der Waals surface area contributed by atoms with Crippen LogP contribution in [0, 0.1) is 0 Å². The summed E-state index contributed by atoms with van der Waals surface area (Å²) in [5, 5.41) is 0.818. The third kappa shape index (κ3) is 1.99. The van der Waals surface area contributed by atoms with Crippen molar-refractivity contribution in [3.05, 3.63) is 28.2 Å². The van der Waals surface area contributed by atoms with Crippen LogP contribution in [0.15, 0.2) is 18.2 Å². The Hall–Kier alpha value is -1.26. The molecule has 16 heavy (non-hydrogen) atoms. The second kappa shape index (κ2) is 4.31. The summed E-state index contributed by atoms with van der Waals surface area (Å²) in [6, 6.07) is 4.73. The Balaban J connectivity index is 2.39. The molecule has 6 heteroatoms. The first kappa shape index (κ1) is 11.2. The summed E-state index contributed by atoms with van der Waals surface area (Å²) in [6.07, 6.45) is 0. The van der Waals surface area contributed by atoms with Gasteiger partial charge in [0.2, 0.25) is 0 Å². The maximum atomic E-state index is 11.5. The Labute approximate surface area is 102 Å². The number of amides is 1. The molecule has 0 bridgehead atoms. The number of carbonyl (C=O) groups excluding carboxylic acids is 2. The van der Waals surface area contributed by atoms with E-state index in [-0.39, 0.29) is 13.2 Å². The molecule has 0 N–H and O–H groups in total. The molecule has 1 fully saturated rings. The lowest BCUT2D eigenvalue weighted by Crippen LogP contribution is -2.45. The van der Waals surface area contributed by atoms with Gasteiger partial charge in [-0.05, 0) is 18.2 Å². The molecule has 1 saturated heterocycles. The lowest BCUT2D eigenvalue weighted by Gasteiger charge is -2.26. The molecule has 2 rings (SSSR count). The minimum Gasteiger partial charge on any atom is -0.457 e. The van der Waals surface area contributed by atoms with Gasteiger partial charge in [-0.2, -0.15) is 0 Å². The van der Waals surface area contributed by atoms with Gasteiger partial charge < -0.3 is 4.74 Å². The van der Waals surface area contributed by atoms with Gasteiger partial charge in [-0.1, -0.05) is 23.2 Å². The Kier molecular flexibility index (Phi) is 3.03. The molecule has 0 aliphatic carbocycles. The van der Waals surface area contributed by atoms with Gasteiger partial charge in [0.15, 0.2) is 0 Å². The number of carbonyl (C=O) groups is 2. The molecule has 4 nitrogen and oxygen atoms in total. The van der Waals surface area contributed by atoms with Crippen LogP contribution in [0.5, 0.6) is 0 Å². The fraction of sp³-hybridized carbons (Fsp3) is 0.200. The fourth-order valence-electron chi connectivity index (χ4n) is 1.43. The van der Waals surface area contributed by atoms with E-state index in [4.69, 9.17) is 23.2 Å². The molecule has 0 aromatic heterocycles. The highest BCUT2D eigenvalue weighted by molar-refractivity contribution is 6.41. The average Bonchev–Trinajstić information content (AvgIpc) is 2.26. The summed E-state index contributed by atoms with van der Waals surface area (Å²) < 4.78 is 4.61. The Morgan fingerprint density at radius 1 is 1.25 bits per heavy atom.